The number of hydrogen-bond acceptors (Lipinski definition) is 7. The van der Waals surface area contributed by atoms with Crippen LogP contribution in [0.2, 0.25) is 0 Å². The highest BCUT2D eigenvalue weighted by Gasteiger charge is 2.14. The summed E-state index contributed by atoms with van der Waals surface area (Å²) in [5, 5.41) is 11.3. The van der Waals surface area contributed by atoms with Crippen LogP contribution in [0.25, 0.3) is 22.2 Å². The number of hydrogen-bond donors (Lipinski definition) is 3. The zero-order valence-corrected chi connectivity index (χ0v) is 25.3. The molecule has 0 saturated heterocycles. The van der Waals surface area contributed by atoms with Gasteiger partial charge in [-0.05, 0) is 92.8 Å². The lowest BCUT2D eigenvalue weighted by Crippen LogP contribution is -2.24. The molecule has 5 aromatic rings. The Hall–Kier alpha value is -4.81. The average Bonchev–Trinajstić information content (AvgIpc) is 3.43. The number of halogens is 1. The van der Waals surface area contributed by atoms with Gasteiger partial charge in [0.25, 0.3) is 16.5 Å². The van der Waals surface area contributed by atoms with Crippen LogP contribution in [0.5, 0.6) is 0 Å². The largest absolute Gasteiger partial charge is 0.483 e. The Morgan fingerprint density at radius 2 is 1.61 bits per heavy atom. The molecule has 10 nitrogen and oxygen atoms in total. The van der Waals surface area contributed by atoms with Gasteiger partial charge in [-0.15, -0.1) is 0 Å². The third-order valence-corrected chi connectivity index (χ3v) is 8.43. The number of rotatable bonds is 12. The van der Waals surface area contributed by atoms with Gasteiger partial charge in [-0.2, -0.15) is 0 Å². The van der Waals surface area contributed by atoms with Gasteiger partial charge in [0.1, 0.15) is 18.0 Å². The van der Waals surface area contributed by atoms with Crippen molar-refractivity contribution in [2.75, 3.05) is 29.7 Å². The van der Waals surface area contributed by atoms with E-state index in [1.165, 1.54) is 24.0 Å². The highest BCUT2D eigenvalue weighted by molar-refractivity contribution is 7.92. The zero-order valence-electron chi connectivity index (χ0n) is 24.5. The Morgan fingerprint density at radius 3 is 2.30 bits per heavy atom. The van der Waals surface area contributed by atoms with Crippen molar-refractivity contribution in [1.82, 2.24) is 19.4 Å². The molecule has 5 rings (SSSR count). The van der Waals surface area contributed by atoms with E-state index >= 15 is 0 Å². The number of anilines is 3. The van der Waals surface area contributed by atoms with Crippen LogP contribution in [-0.4, -0.2) is 59.1 Å². The highest BCUT2D eigenvalue weighted by atomic mass is 32.2. The van der Waals surface area contributed by atoms with Gasteiger partial charge >= 0.3 is 0 Å². The summed E-state index contributed by atoms with van der Waals surface area (Å²) in [6.07, 6.45) is 4.77. The molecule has 0 saturated carbocycles. The van der Waals surface area contributed by atoms with Crippen molar-refractivity contribution in [2.24, 2.45) is 0 Å². The predicted octanol–water partition coefficient (Wildman–Crippen LogP) is 6.21. The van der Waals surface area contributed by atoms with Gasteiger partial charge in [-0.25, -0.2) is 22.8 Å². The molecule has 0 bridgehead atoms. The molecular weight excluding hydrogens is 583 g/mol. The van der Waals surface area contributed by atoms with E-state index in [0.717, 1.165) is 67.1 Å². The van der Waals surface area contributed by atoms with Gasteiger partial charge in [0.15, 0.2) is 0 Å². The first-order valence-electron chi connectivity index (χ1n) is 14.1. The SMILES string of the molecule is CCN(CC)CCCn1ccc2cc(-c3cc(Nc4ccc(NS(=O)(=O)c5ccc(F)cc5)cc4)ncn3)ccc21.O=CO. The van der Waals surface area contributed by atoms with E-state index in [1.54, 1.807) is 24.3 Å². The van der Waals surface area contributed by atoms with Crippen molar-refractivity contribution in [2.45, 2.75) is 31.7 Å². The average molecular weight is 619 g/mol. The van der Waals surface area contributed by atoms with Crippen LogP contribution in [-0.2, 0) is 21.4 Å². The Morgan fingerprint density at radius 1 is 0.932 bits per heavy atom. The van der Waals surface area contributed by atoms with E-state index in [2.05, 4.69) is 73.8 Å². The first-order valence-corrected chi connectivity index (χ1v) is 15.6. The number of carbonyl (C=O) groups is 1. The molecule has 0 radical (unpaired) electrons. The number of aromatic nitrogens is 3. The molecule has 0 spiro atoms. The second kappa shape index (κ2) is 15.1. The van der Waals surface area contributed by atoms with Crippen LogP contribution in [0, 0.1) is 5.82 Å². The van der Waals surface area contributed by atoms with Crippen molar-refractivity contribution in [1.29, 1.82) is 0 Å². The highest BCUT2D eigenvalue weighted by Crippen LogP contribution is 2.27. The van der Waals surface area contributed by atoms with Crippen LogP contribution in [0.4, 0.5) is 21.6 Å². The molecule has 0 unspecified atom stereocenters. The monoisotopic (exact) mass is 618 g/mol. The maximum atomic E-state index is 13.2. The molecule has 3 N–H and O–H groups in total. The quantitative estimate of drug-likeness (QED) is 0.141. The second-order valence-corrected chi connectivity index (χ2v) is 11.5. The van der Waals surface area contributed by atoms with Crippen LogP contribution in [0.15, 0.2) is 96.3 Å². The number of nitrogens with zero attached hydrogens (tertiary/aromatic N) is 4. The van der Waals surface area contributed by atoms with Gasteiger partial charge in [0.05, 0.1) is 10.6 Å². The van der Waals surface area contributed by atoms with Crippen molar-refractivity contribution in [3.63, 3.8) is 0 Å². The molecule has 0 aliphatic carbocycles. The summed E-state index contributed by atoms with van der Waals surface area (Å²) in [5.74, 6) is 0.118. The Labute approximate surface area is 256 Å². The van der Waals surface area contributed by atoms with Gasteiger partial charge in [-0.1, -0.05) is 19.9 Å². The summed E-state index contributed by atoms with van der Waals surface area (Å²) >= 11 is 0. The topological polar surface area (TPSA) is 129 Å². The maximum absolute atomic E-state index is 13.2. The van der Waals surface area contributed by atoms with E-state index in [1.807, 2.05) is 6.07 Å². The van der Waals surface area contributed by atoms with Crippen LogP contribution >= 0.6 is 0 Å². The summed E-state index contributed by atoms with van der Waals surface area (Å²) in [6.45, 7) is 8.38. The molecule has 0 aliphatic heterocycles. The molecule has 2 aromatic heterocycles. The number of fused-ring (bicyclic) bond motifs is 1. The molecule has 0 amide bonds. The van der Waals surface area contributed by atoms with E-state index in [4.69, 9.17) is 9.90 Å². The fraction of sp³-hybridized carbons (Fsp3) is 0.219. The van der Waals surface area contributed by atoms with E-state index < -0.39 is 15.8 Å². The van der Waals surface area contributed by atoms with Crippen molar-refractivity contribution in [3.8, 4) is 11.3 Å². The van der Waals surface area contributed by atoms with Crippen LogP contribution < -0.4 is 10.0 Å². The standard InChI is InChI=1S/C31H33FN6O2S.CH2O2/c1-3-37(4-2)17-5-18-38-19-16-24-20-23(6-15-30(24)38)29-21-31(34-22-33-29)35-26-9-11-27(12-10-26)36-41(39,40)28-13-7-25(32)8-14-28;2-1-3/h6-16,19-22,36H,3-5,17-18H2,1-2H3,(H,33,34,35);1H,(H,2,3). The lowest BCUT2D eigenvalue weighted by molar-refractivity contribution is -0.122. The van der Waals surface area contributed by atoms with Crippen LogP contribution in [0.3, 0.4) is 0 Å². The summed E-state index contributed by atoms with van der Waals surface area (Å²) in [4.78, 5) is 19.6. The Balaban J connectivity index is 0.00000141. The smallest absolute Gasteiger partial charge is 0.290 e. The lowest BCUT2D eigenvalue weighted by Gasteiger charge is -2.18. The van der Waals surface area contributed by atoms with Gasteiger partial charge in [0.2, 0.25) is 0 Å². The second-order valence-electron chi connectivity index (χ2n) is 9.82. The van der Waals surface area contributed by atoms with Gasteiger partial charge in [0, 0.05) is 46.6 Å². The minimum absolute atomic E-state index is 0.0142. The molecule has 0 atom stereocenters. The number of aryl methyl sites for hydroxylation is 1. The van der Waals surface area contributed by atoms with Crippen molar-refractivity contribution >= 4 is 44.6 Å². The predicted molar refractivity (Wildman–Crippen MR) is 171 cm³/mol. The summed E-state index contributed by atoms with van der Waals surface area (Å²) < 4.78 is 43.1. The van der Waals surface area contributed by atoms with E-state index in [-0.39, 0.29) is 11.4 Å². The minimum atomic E-state index is -3.82. The number of carboxylic acid groups (broad SMARTS) is 1. The first-order chi connectivity index (χ1) is 21.3. The zero-order chi connectivity index (χ0) is 31.5. The third kappa shape index (κ3) is 8.39. The van der Waals surface area contributed by atoms with E-state index in [9.17, 15) is 12.8 Å². The van der Waals surface area contributed by atoms with Gasteiger partial charge < -0.3 is 19.9 Å². The third-order valence-electron chi connectivity index (χ3n) is 7.04. The number of nitrogens with one attached hydrogen (secondary N) is 2. The fourth-order valence-electron chi connectivity index (χ4n) is 4.74. The lowest BCUT2D eigenvalue weighted by atomic mass is 10.1. The van der Waals surface area contributed by atoms with E-state index in [0.29, 0.717) is 11.5 Å². The first kappa shape index (κ1) is 32.1. The Bertz CT molecular complexity index is 1770. The normalized spacial score (nSPS) is 11.2. The molecule has 2 heterocycles. The molecule has 44 heavy (non-hydrogen) atoms. The number of benzene rings is 3. The summed E-state index contributed by atoms with van der Waals surface area (Å²) in [5.41, 5.74) is 4.11. The molecular formula is C32H35FN6O4S. The molecule has 230 valence electrons. The van der Waals surface area contributed by atoms with Crippen molar-refractivity contribution in [3.05, 3.63) is 97.2 Å². The Kier molecular flexibility index (Phi) is 11.0. The van der Waals surface area contributed by atoms with Crippen LogP contribution in [0.1, 0.15) is 20.3 Å². The van der Waals surface area contributed by atoms with Crippen molar-refractivity contribution < 1.29 is 22.7 Å². The number of sulfonamides is 1. The van der Waals surface area contributed by atoms with Gasteiger partial charge in [-0.3, -0.25) is 9.52 Å². The summed E-state index contributed by atoms with van der Waals surface area (Å²) in [6, 6.07) is 21.9. The molecule has 0 fully saturated rings. The molecule has 12 heteroatoms. The minimum Gasteiger partial charge on any atom is -0.483 e. The fourth-order valence-corrected chi connectivity index (χ4v) is 5.80. The molecule has 3 aromatic carbocycles. The molecule has 0 aliphatic rings. The summed E-state index contributed by atoms with van der Waals surface area (Å²) in [7, 11) is -3.82. The maximum Gasteiger partial charge on any atom is 0.290 e.